The van der Waals surface area contributed by atoms with Gasteiger partial charge in [0.1, 0.15) is 0 Å². The second-order valence-corrected chi connectivity index (χ2v) is 4.93. The minimum absolute atomic E-state index is 0.0705. The highest BCUT2D eigenvalue weighted by Crippen LogP contribution is 2.20. The third-order valence-electron chi connectivity index (χ3n) is 2.97. The molecule has 0 N–H and O–H groups in total. The molecule has 0 unspecified atom stereocenters. The Bertz CT molecular complexity index is 369. The van der Waals surface area contributed by atoms with Gasteiger partial charge in [0.05, 0.1) is 6.61 Å². The van der Waals surface area contributed by atoms with Crippen LogP contribution < -0.4 is 0 Å². The molecule has 0 saturated heterocycles. The average molecular weight is 248 g/mol. The molecule has 0 radical (unpaired) electrons. The molecule has 18 heavy (non-hydrogen) atoms. The van der Waals surface area contributed by atoms with Crippen LogP contribution in [-0.4, -0.2) is 12.6 Å². The predicted molar refractivity (Wildman–Crippen MR) is 74.7 cm³/mol. The highest BCUT2D eigenvalue weighted by molar-refractivity contribution is 5.69. The van der Waals surface area contributed by atoms with Crippen LogP contribution in [-0.2, 0) is 16.0 Å². The van der Waals surface area contributed by atoms with E-state index in [0.29, 0.717) is 18.9 Å². The summed E-state index contributed by atoms with van der Waals surface area (Å²) in [6, 6.07) is 8.48. The summed E-state index contributed by atoms with van der Waals surface area (Å²) in [5, 5.41) is 0. The molecule has 0 aromatic heterocycles. The van der Waals surface area contributed by atoms with Gasteiger partial charge in [-0.15, -0.1) is 0 Å². The molecule has 0 aliphatic heterocycles. The molecular formula is C16H24O2. The molecule has 0 atom stereocenters. The van der Waals surface area contributed by atoms with Crippen LogP contribution in [0.3, 0.4) is 0 Å². The maximum absolute atomic E-state index is 11.4. The van der Waals surface area contributed by atoms with E-state index >= 15 is 0 Å². The fraction of sp³-hybridized carbons (Fsp3) is 0.562. The first kappa shape index (κ1) is 14.7. The van der Waals surface area contributed by atoms with Gasteiger partial charge in [0.25, 0.3) is 0 Å². The lowest BCUT2D eigenvalue weighted by molar-refractivity contribution is -0.143. The highest BCUT2D eigenvalue weighted by Gasteiger charge is 2.07. The van der Waals surface area contributed by atoms with Gasteiger partial charge in [0, 0.05) is 6.42 Å². The van der Waals surface area contributed by atoms with Crippen LogP contribution in [0, 0.1) is 0 Å². The van der Waals surface area contributed by atoms with Crippen molar-refractivity contribution >= 4 is 5.97 Å². The summed E-state index contributed by atoms with van der Waals surface area (Å²) in [5.74, 6) is 0.465. The van der Waals surface area contributed by atoms with Crippen LogP contribution in [0.25, 0.3) is 0 Å². The van der Waals surface area contributed by atoms with Crippen LogP contribution in [0.5, 0.6) is 0 Å². The number of rotatable bonds is 7. The third kappa shape index (κ3) is 4.91. The van der Waals surface area contributed by atoms with Gasteiger partial charge in [-0.05, 0) is 36.3 Å². The fourth-order valence-corrected chi connectivity index (χ4v) is 2.04. The molecule has 100 valence electrons. The monoisotopic (exact) mass is 248 g/mol. The van der Waals surface area contributed by atoms with E-state index in [-0.39, 0.29) is 5.97 Å². The molecule has 0 spiro atoms. The van der Waals surface area contributed by atoms with E-state index in [2.05, 4.69) is 38.1 Å². The Kier molecular flexibility index (Phi) is 6.48. The molecule has 1 rings (SSSR count). The summed E-state index contributed by atoms with van der Waals surface area (Å²) in [7, 11) is 0. The van der Waals surface area contributed by atoms with Crippen molar-refractivity contribution in [1.82, 2.24) is 0 Å². The Balaban J connectivity index is 2.42. The number of hydrogen-bond acceptors (Lipinski definition) is 2. The molecule has 1 aromatic carbocycles. The second kappa shape index (κ2) is 7.91. The summed E-state index contributed by atoms with van der Waals surface area (Å²) >= 11 is 0. The molecule has 2 heteroatoms. The molecular weight excluding hydrogens is 224 g/mol. The largest absolute Gasteiger partial charge is 0.466 e. The molecule has 0 saturated carbocycles. The Morgan fingerprint density at radius 1 is 1.28 bits per heavy atom. The number of benzene rings is 1. The Morgan fingerprint density at radius 2 is 2.00 bits per heavy atom. The average Bonchev–Trinajstić information content (AvgIpc) is 2.36. The SMILES string of the molecule is CCCOC(=O)CCCc1ccccc1C(C)C. The Hall–Kier alpha value is -1.31. The number of ether oxygens (including phenoxy) is 1. The highest BCUT2D eigenvalue weighted by atomic mass is 16.5. The van der Waals surface area contributed by atoms with Crippen LogP contribution in [0.15, 0.2) is 24.3 Å². The zero-order valence-corrected chi connectivity index (χ0v) is 11.7. The minimum atomic E-state index is -0.0705. The van der Waals surface area contributed by atoms with E-state index < -0.39 is 0 Å². The molecule has 0 aliphatic rings. The van der Waals surface area contributed by atoms with E-state index in [4.69, 9.17) is 4.74 Å². The number of carbonyl (C=O) groups is 1. The van der Waals surface area contributed by atoms with Crippen LogP contribution >= 0.6 is 0 Å². The number of hydrogen-bond donors (Lipinski definition) is 0. The van der Waals surface area contributed by atoms with Crippen molar-refractivity contribution in [3.8, 4) is 0 Å². The van der Waals surface area contributed by atoms with Crippen molar-refractivity contribution in [1.29, 1.82) is 0 Å². The zero-order valence-electron chi connectivity index (χ0n) is 11.7. The van der Waals surface area contributed by atoms with E-state index in [1.54, 1.807) is 0 Å². The third-order valence-corrected chi connectivity index (χ3v) is 2.97. The number of esters is 1. The molecule has 0 amide bonds. The van der Waals surface area contributed by atoms with Crippen molar-refractivity contribution in [3.63, 3.8) is 0 Å². The van der Waals surface area contributed by atoms with E-state index in [1.807, 2.05) is 6.92 Å². The lowest BCUT2D eigenvalue weighted by atomic mass is 9.94. The normalized spacial score (nSPS) is 10.7. The van der Waals surface area contributed by atoms with Crippen LogP contribution in [0.4, 0.5) is 0 Å². The quantitative estimate of drug-likeness (QED) is 0.679. The Labute approximate surface area is 110 Å². The molecule has 2 nitrogen and oxygen atoms in total. The van der Waals surface area contributed by atoms with Crippen molar-refractivity contribution in [2.75, 3.05) is 6.61 Å². The van der Waals surface area contributed by atoms with E-state index in [1.165, 1.54) is 11.1 Å². The summed E-state index contributed by atoms with van der Waals surface area (Å²) in [6.45, 7) is 6.95. The second-order valence-electron chi connectivity index (χ2n) is 4.93. The Morgan fingerprint density at radius 3 is 2.67 bits per heavy atom. The minimum Gasteiger partial charge on any atom is -0.466 e. The topological polar surface area (TPSA) is 26.3 Å². The number of carbonyl (C=O) groups excluding carboxylic acids is 1. The van der Waals surface area contributed by atoms with Crippen LogP contribution in [0.2, 0.25) is 0 Å². The van der Waals surface area contributed by atoms with Gasteiger partial charge in [-0.1, -0.05) is 45.0 Å². The first-order chi connectivity index (χ1) is 8.65. The fourth-order valence-electron chi connectivity index (χ4n) is 2.04. The van der Waals surface area contributed by atoms with Crippen LogP contribution in [0.1, 0.15) is 57.1 Å². The van der Waals surface area contributed by atoms with Gasteiger partial charge in [-0.25, -0.2) is 0 Å². The lowest BCUT2D eigenvalue weighted by Crippen LogP contribution is -2.06. The van der Waals surface area contributed by atoms with E-state index in [0.717, 1.165) is 19.3 Å². The van der Waals surface area contributed by atoms with Gasteiger partial charge < -0.3 is 4.74 Å². The van der Waals surface area contributed by atoms with Crippen molar-refractivity contribution in [2.45, 2.75) is 52.4 Å². The standard InChI is InChI=1S/C16H24O2/c1-4-12-18-16(17)11-7-9-14-8-5-6-10-15(14)13(2)3/h5-6,8,10,13H,4,7,9,11-12H2,1-3H3. The van der Waals surface area contributed by atoms with Gasteiger partial charge in [0.2, 0.25) is 0 Å². The van der Waals surface area contributed by atoms with Gasteiger partial charge in [0.15, 0.2) is 0 Å². The smallest absolute Gasteiger partial charge is 0.305 e. The summed E-state index contributed by atoms with van der Waals surface area (Å²) in [6.07, 6.45) is 3.23. The maximum Gasteiger partial charge on any atom is 0.305 e. The predicted octanol–water partition coefficient (Wildman–Crippen LogP) is 4.09. The lowest BCUT2D eigenvalue weighted by Gasteiger charge is -2.12. The summed E-state index contributed by atoms with van der Waals surface area (Å²) in [5.41, 5.74) is 2.75. The first-order valence-electron chi connectivity index (χ1n) is 6.88. The summed E-state index contributed by atoms with van der Waals surface area (Å²) < 4.78 is 5.07. The molecule has 1 aromatic rings. The van der Waals surface area contributed by atoms with Gasteiger partial charge in [-0.3, -0.25) is 4.79 Å². The van der Waals surface area contributed by atoms with Crippen molar-refractivity contribution < 1.29 is 9.53 Å². The molecule has 0 heterocycles. The van der Waals surface area contributed by atoms with Crippen molar-refractivity contribution in [2.24, 2.45) is 0 Å². The summed E-state index contributed by atoms with van der Waals surface area (Å²) in [4.78, 5) is 11.4. The molecule has 0 fully saturated rings. The number of aryl methyl sites for hydroxylation is 1. The maximum atomic E-state index is 11.4. The van der Waals surface area contributed by atoms with Gasteiger partial charge in [-0.2, -0.15) is 0 Å². The molecule has 0 aliphatic carbocycles. The van der Waals surface area contributed by atoms with E-state index in [9.17, 15) is 4.79 Å². The van der Waals surface area contributed by atoms with Gasteiger partial charge >= 0.3 is 5.97 Å². The zero-order chi connectivity index (χ0) is 13.4. The van der Waals surface area contributed by atoms with Crippen molar-refractivity contribution in [3.05, 3.63) is 35.4 Å². The first-order valence-corrected chi connectivity index (χ1v) is 6.88. The molecule has 0 bridgehead atoms.